The number of nitrogens with one attached hydrogen (secondary N) is 2. The Labute approximate surface area is 256 Å². The highest BCUT2D eigenvalue weighted by Gasteiger charge is 2.29. The van der Waals surface area contributed by atoms with Crippen LogP contribution in [0.1, 0.15) is 65.7 Å². The standard InChI is InChI=1S/C35H38N6O3/c1-23-16-25(17-28-21-37-39-33(23)28)19-32(31-18-24(8-11-36-31)22-40-12-4-5-13-40)44-35(43)41-14-9-26(10-15-41)29-20-27-6-2-3-7-30(27)38-34(29)42/h2-3,6-8,11,16-18,20-21,26,32H,4-5,9-10,12-15,19,22H2,1H3,(H,37,39)(H,38,42). The number of ether oxygens (including phenoxy) is 1. The van der Waals surface area contributed by atoms with Crippen molar-refractivity contribution < 1.29 is 9.53 Å². The van der Waals surface area contributed by atoms with Crippen molar-refractivity contribution in [3.05, 3.63) is 105 Å². The summed E-state index contributed by atoms with van der Waals surface area (Å²) in [6, 6.07) is 18.2. The number of aryl methyl sites for hydroxylation is 1. The predicted molar refractivity (Wildman–Crippen MR) is 171 cm³/mol. The zero-order valence-electron chi connectivity index (χ0n) is 25.1. The Morgan fingerprint density at radius 3 is 2.66 bits per heavy atom. The molecule has 1 amide bonds. The second-order valence-electron chi connectivity index (χ2n) is 12.3. The van der Waals surface area contributed by atoms with Gasteiger partial charge in [-0.15, -0.1) is 0 Å². The number of hydrogen-bond acceptors (Lipinski definition) is 6. The molecule has 0 aliphatic carbocycles. The Morgan fingerprint density at radius 2 is 1.82 bits per heavy atom. The lowest BCUT2D eigenvalue weighted by molar-refractivity contribution is 0.0537. The molecule has 1 atom stereocenters. The molecule has 2 aliphatic rings. The third kappa shape index (κ3) is 5.97. The van der Waals surface area contributed by atoms with Gasteiger partial charge < -0.3 is 14.6 Å². The van der Waals surface area contributed by atoms with E-state index in [1.54, 1.807) is 4.90 Å². The number of carbonyl (C=O) groups excluding carboxylic acids is 1. The Kier molecular flexibility index (Phi) is 7.87. The minimum Gasteiger partial charge on any atom is -0.439 e. The summed E-state index contributed by atoms with van der Waals surface area (Å²) in [6.45, 7) is 6.22. The fourth-order valence-corrected chi connectivity index (χ4v) is 6.86. The molecule has 5 aromatic rings. The molecule has 5 heterocycles. The van der Waals surface area contributed by atoms with Crippen molar-refractivity contribution in [2.75, 3.05) is 26.2 Å². The van der Waals surface area contributed by atoms with E-state index in [1.165, 1.54) is 18.4 Å². The van der Waals surface area contributed by atoms with Crippen LogP contribution in [-0.4, -0.2) is 62.2 Å². The number of para-hydroxylation sites is 1. The number of benzene rings is 2. The molecule has 226 valence electrons. The molecule has 2 saturated heterocycles. The predicted octanol–water partition coefficient (Wildman–Crippen LogP) is 6.00. The molecule has 3 aromatic heterocycles. The van der Waals surface area contributed by atoms with E-state index in [0.29, 0.717) is 32.4 Å². The number of hydrogen-bond donors (Lipinski definition) is 2. The van der Waals surface area contributed by atoms with Crippen LogP contribution in [0.5, 0.6) is 0 Å². The van der Waals surface area contributed by atoms with E-state index in [-0.39, 0.29) is 17.6 Å². The van der Waals surface area contributed by atoms with Crippen LogP contribution in [0.3, 0.4) is 0 Å². The molecule has 9 nitrogen and oxygen atoms in total. The zero-order chi connectivity index (χ0) is 30.0. The normalized spacial score (nSPS) is 17.0. The quantitative estimate of drug-likeness (QED) is 0.241. The van der Waals surface area contributed by atoms with Crippen molar-refractivity contribution in [2.24, 2.45) is 0 Å². The van der Waals surface area contributed by atoms with E-state index < -0.39 is 6.10 Å². The van der Waals surface area contributed by atoms with Crippen molar-refractivity contribution in [3.8, 4) is 0 Å². The SMILES string of the molecule is Cc1cc(CC(OC(=O)N2CCC(c3cc4ccccc4[nH]c3=O)CC2)c2cc(CN3CCCC3)ccn2)cc2cn[nH]c12. The first-order chi connectivity index (χ1) is 21.5. The number of pyridine rings is 2. The largest absolute Gasteiger partial charge is 0.439 e. The van der Waals surface area contributed by atoms with Crippen molar-refractivity contribution in [1.29, 1.82) is 0 Å². The first-order valence-electron chi connectivity index (χ1n) is 15.7. The monoisotopic (exact) mass is 590 g/mol. The molecule has 1 unspecified atom stereocenters. The van der Waals surface area contributed by atoms with Crippen LogP contribution in [0.25, 0.3) is 21.8 Å². The minimum atomic E-state index is -0.536. The molecule has 44 heavy (non-hydrogen) atoms. The summed E-state index contributed by atoms with van der Waals surface area (Å²) in [4.78, 5) is 38.5. The van der Waals surface area contributed by atoms with Crippen LogP contribution in [0, 0.1) is 6.92 Å². The Morgan fingerprint density at radius 1 is 1.00 bits per heavy atom. The first kappa shape index (κ1) is 28.3. The molecule has 9 heteroatoms. The number of aromatic amines is 2. The lowest BCUT2D eigenvalue weighted by Gasteiger charge is -2.32. The minimum absolute atomic E-state index is 0.0467. The molecule has 2 N–H and O–H groups in total. The number of H-pyrrole nitrogens is 2. The maximum absolute atomic E-state index is 13.6. The van der Waals surface area contributed by atoms with E-state index in [1.807, 2.05) is 42.7 Å². The van der Waals surface area contributed by atoms with Crippen LogP contribution in [-0.2, 0) is 17.7 Å². The highest BCUT2D eigenvalue weighted by molar-refractivity contribution is 5.82. The molecule has 7 rings (SSSR count). The fraction of sp³-hybridized carbons (Fsp3) is 0.371. The number of nitrogens with zero attached hydrogens (tertiary/aromatic N) is 4. The van der Waals surface area contributed by atoms with Gasteiger partial charge >= 0.3 is 6.09 Å². The maximum Gasteiger partial charge on any atom is 0.410 e. The molecule has 0 radical (unpaired) electrons. The van der Waals surface area contributed by atoms with Gasteiger partial charge in [0.25, 0.3) is 5.56 Å². The van der Waals surface area contributed by atoms with Gasteiger partial charge in [-0.25, -0.2) is 4.79 Å². The van der Waals surface area contributed by atoms with Gasteiger partial charge in [0.2, 0.25) is 0 Å². The average molecular weight is 591 g/mol. The van der Waals surface area contributed by atoms with E-state index in [9.17, 15) is 9.59 Å². The van der Waals surface area contributed by atoms with E-state index >= 15 is 0 Å². The number of carbonyl (C=O) groups is 1. The molecule has 0 saturated carbocycles. The van der Waals surface area contributed by atoms with Gasteiger partial charge in [0.15, 0.2) is 0 Å². The third-order valence-electron chi connectivity index (χ3n) is 9.23. The summed E-state index contributed by atoms with van der Waals surface area (Å²) >= 11 is 0. The van der Waals surface area contributed by atoms with Gasteiger partial charge in [0.05, 0.1) is 17.4 Å². The number of likely N-dealkylation sites (tertiary alicyclic amines) is 2. The molecular weight excluding hydrogens is 552 g/mol. The van der Waals surface area contributed by atoms with Gasteiger partial charge in [0.1, 0.15) is 6.10 Å². The molecular formula is C35H38N6O3. The summed E-state index contributed by atoms with van der Waals surface area (Å²) < 4.78 is 6.28. The second-order valence-corrected chi connectivity index (χ2v) is 12.3. The average Bonchev–Trinajstić information content (AvgIpc) is 3.73. The summed E-state index contributed by atoms with van der Waals surface area (Å²) in [6.07, 6.45) is 7.18. The van der Waals surface area contributed by atoms with Crippen molar-refractivity contribution in [3.63, 3.8) is 0 Å². The fourth-order valence-electron chi connectivity index (χ4n) is 6.86. The second kappa shape index (κ2) is 12.2. The summed E-state index contributed by atoms with van der Waals surface area (Å²) in [5.74, 6) is 0.0943. The number of amides is 1. The topological polar surface area (TPSA) is 107 Å². The maximum atomic E-state index is 13.6. The number of fused-ring (bicyclic) bond motifs is 2. The lowest BCUT2D eigenvalue weighted by atomic mass is 9.89. The van der Waals surface area contributed by atoms with Crippen LogP contribution >= 0.6 is 0 Å². The smallest absolute Gasteiger partial charge is 0.410 e. The molecule has 0 spiro atoms. The third-order valence-corrected chi connectivity index (χ3v) is 9.23. The van der Waals surface area contributed by atoms with Crippen molar-refractivity contribution in [1.82, 2.24) is 30.0 Å². The van der Waals surface area contributed by atoms with Crippen molar-refractivity contribution in [2.45, 2.75) is 57.6 Å². The summed E-state index contributed by atoms with van der Waals surface area (Å²) in [5, 5.41) is 9.32. The molecule has 2 aromatic carbocycles. The number of rotatable bonds is 7. The van der Waals surface area contributed by atoms with E-state index in [2.05, 4.69) is 51.3 Å². The van der Waals surface area contributed by atoms with Crippen LogP contribution < -0.4 is 5.56 Å². The van der Waals surface area contributed by atoms with Gasteiger partial charge in [-0.1, -0.05) is 24.3 Å². The summed E-state index contributed by atoms with van der Waals surface area (Å²) in [5.41, 5.74) is 6.71. The van der Waals surface area contributed by atoms with Gasteiger partial charge in [-0.2, -0.15) is 5.10 Å². The van der Waals surface area contributed by atoms with Gasteiger partial charge in [-0.05, 0) is 104 Å². The highest BCUT2D eigenvalue weighted by Crippen LogP contribution is 2.30. The van der Waals surface area contributed by atoms with Gasteiger partial charge in [-0.3, -0.25) is 19.8 Å². The Hall–Kier alpha value is -4.50. The summed E-state index contributed by atoms with van der Waals surface area (Å²) in [7, 11) is 0. The molecule has 2 aliphatic heterocycles. The first-order valence-corrected chi connectivity index (χ1v) is 15.7. The van der Waals surface area contributed by atoms with Crippen molar-refractivity contribution >= 4 is 27.9 Å². The molecule has 0 bridgehead atoms. The highest BCUT2D eigenvalue weighted by atomic mass is 16.6. The molecule has 2 fully saturated rings. The zero-order valence-corrected chi connectivity index (χ0v) is 25.1. The van der Waals surface area contributed by atoms with E-state index in [4.69, 9.17) is 9.72 Å². The Balaban J connectivity index is 1.09. The van der Waals surface area contributed by atoms with Gasteiger partial charge in [0, 0.05) is 48.7 Å². The number of piperidine rings is 1. The Bertz CT molecular complexity index is 1850. The number of aromatic nitrogens is 4. The van der Waals surface area contributed by atoms with Crippen LogP contribution in [0.4, 0.5) is 4.79 Å². The lowest BCUT2D eigenvalue weighted by Crippen LogP contribution is -2.39. The van der Waals surface area contributed by atoms with Crippen LogP contribution in [0.2, 0.25) is 0 Å². The van der Waals surface area contributed by atoms with E-state index in [0.717, 1.165) is 63.8 Å². The van der Waals surface area contributed by atoms with Crippen LogP contribution in [0.15, 0.2) is 71.8 Å².